The highest BCUT2D eigenvalue weighted by molar-refractivity contribution is 7.89. The summed E-state index contributed by atoms with van der Waals surface area (Å²) < 4.78 is 27.7. The molecule has 2 saturated carbocycles. The molecule has 1 aliphatic heterocycles. The summed E-state index contributed by atoms with van der Waals surface area (Å²) in [6, 6.07) is 7.69. The molecule has 6 nitrogen and oxygen atoms in total. The molecule has 0 bridgehead atoms. The van der Waals surface area contributed by atoms with Gasteiger partial charge in [-0.15, -0.1) is 0 Å². The molecule has 1 atom stereocenters. The van der Waals surface area contributed by atoms with E-state index in [1.54, 1.807) is 16.4 Å². The number of sulfonamides is 1. The van der Waals surface area contributed by atoms with Crippen LogP contribution in [0.5, 0.6) is 0 Å². The maximum atomic E-state index is 13.1. The van der Waals surface area contributed by atoms with Crippen LogP contribution in [0.4, 0.5) is 0 Å². The number of amides is 1. The van der Waals surface area contributed by atoms with E-state index in [1.165, 1.54) is 37.7 Å². The van der Waals surface area contributed by atoms with Gasteiger partial charge in [-0.3, -0.25) is 9.69 Å². The Kier molecular flexibility index (Phi) is 6.27. The monoisotopic (exact) mass is 419 g/mol. The molecule has 4 rings (SSSR count). The lowest BCUT2D eigenvalue weighted by atomic mass is 9.84. The summed E-state index contributed by atoms with van der Waals surface area (Å²) in [7, 11) is -3.48. The van der Waals surface area contributed by atoms with Crippen LogP contribution in [0.3, 0.4) is 0 Å². The number of nitrogens with zero attached hydrogens (tertiary/aromatic N) is 2. The normalized spacial score (nSPS) is 23.6. The molecule has 3 fully saturated rings. The van der Waals surface area contributed by atoms with Crippen LogP contribution in [-0.2, 0) is 14.8 Å². The van der Waals surface area contributed by atoms with Crippen molar-refractivity contribution in [3.8, 4) is 0 Å². The predicted molar refractivity (Wildman–Crippen MR) is 113 cm³/mol. The lowest BCUT2D eigenvalue weighted by Gasteiger charge is -2.36. The van der Waals surface area contributed by atoms with Gasteiger partial charge in [0.05, 0.1) is 10.9 Å². The summed E-state index contributed by atoms with van der Waals surface area (Å²) in [5, 5.41) is 3.04. The highest BCUT2D eigenvalue weighted by Gasteiger charge is 2.33. The largest absolute Gasteiger partial charge is 0.352 e. The average molecular weight is 420 g/mol. The summed E-state index contributed by atoms with van der Waals surface area (Å²) in [5.41, 5.74) is 1.27. The van der Waals surface area contributed by atoms with Crippen molar-refractivity contribution in [3.05, 3.63) is 29.8 Å². The third-order valence-corrected chi connectivity index (χ3v) is 8.63. The van der Waals surface area contributed by atoms with Gasteiger partial charge in [0.25, 0.3) is 0 Å². The van der Waals surface area contributed by atoms with Crippen molar-refractivity contribution in [2.45, 2.75) is 74.8 Å². The van der Waals surface area contributed by atoms with E-state index in [-0.39, 0.29) is 11.9 Å². The number of nitrogens with one attached hydrogen (secondary N) is 1. The molecule has 1 amide bonds. The fraction of sp³-hybridized carbons (Fsp3) is 0.682. The van der Waals surface area contributed by atoms with Crippen molar-refractivity contribution >= 4 is 15.9 Å². The van der Waals surface area contributed by atoms with Gasteiger partial charge >= 0.3 is 0 Å². The zero-order valence-corrected chi connectivity index (χ0v) is 18.2. The molecule has 1 aromatic rings. The zero-order valence-electron chi connectivity index (χ0n) is 17.3. The van der Waals surface area contributed by atoms with Gasteiger partial charge < -0.3 is 5.32 Å². The highest BCUT2D eigenvalue weighted by atomic mass is 32.2. The first-order valence-corrected chi connectivity index (χ1v) is 12.5. The van der Waals surface area contributed by atoms with Gasteiger partial charge in [0.2, 0.25) is 15.9 Å². The van der Waals surface area contributed by atoms with Crippen molar-refractivity contribution in [3.63, 3.8) is 0 Å². The molecule has 3 aliphatic rings. The Morgan fingerprint density at radius 3 is 2.17 bits per heavy atom. The predicted octanol–water partition coefficient (Wildman–Crippen LogP) is 2.71. The van der Waals surface area contributed by atoms with Crippen molar-refractivity contribution in [2.24, 2.45) is 0 Å². The van der Waals surface area contributed by atoms with E-state index < -0.39 is 10.0 Å². The van der Waals surface area contributed by atoms with Crippen LogP contribution in [-0.4, -0.2) is 61.8 Å². The SMILES string of the molecule is C[C@@H](C(=O)NC1CC1)N1CCN(S(=O)(=O)c2ccc(C3CCCCC3)cc2)CC1. The molecule has 0 unspecified atom stereocenters. The van der Waals surface area contributed by atoms with E-state index in [0.717, 1.165) is 12.8 Å². The van der Waals surface area contributed by atoms with Gasteiger partial charge in [0.15, 0.2) is 0 Å². The van der Waals surface area contributed by atoms with E-state index in [4.69, 9.17) is 0 Å². The average Bonchev–Trinajstić information content (AvgIpc) is 3.58. The van der Waals surface area contributed by atoms with E-state index in [0.29, 0.717) is 43.0 Å². The Hall–Kier alpha value is -1.44. The van der Waals surface area contributed by atoms with E-state index in [1.807, 2.05) is 19.1 Å². The van der Waals surface area contributed by atoms with Crippen LogP contribution < -0.4 is 5.32 Å². The molecule has 1 saturated heterocycles. The molecule has 0 aromatic heterocycles. The maximum Gasteiger partial charge on any atom is 0.243 e. The number of benzene rings is 1. The van der Waals surface area contributed by atoms with Crippen LogP contribution in [0, 0.1) is 0 Å². The molecule has 0 spiro atoms. The van der Waals surface area contributed by atoms with Gasteiger partial charge in [-0.2, -0.15) is 4.31 Å². The minimum absolute atomic E-state index is 0.0575. The fourth-order valence-electron chi connectivity index (χ4n) is 4.54. The summed E-state index contributed by atoms with van der Waals surface area (Å²) in [4.78, 5) is 14.7. The van der Waals surface area contributed by atoms with Crippen LogP contribution in [0.1, 0.15) is 63.4 Å². The lowest BCUT2D eigenvalue weighted by Crippen LogP contribution is -2.55. The third-order valence-electron chi connectivity index (χ3n) is 6.72. The molecule has 7 heteroatoms. The zero-order chi connectivity index (χ0) is 20.4. The quantitative estimate of drug-likeness (QED) is 0.770. The molecule has 1 heterocycles. The summed E-state index contributed by atoms with van der Waals surface area (Å²) in [6.07, 6.45) is 8.42. The first-order valence-electron chi connectivity index (χ1n) is 11.1. The van der Waals surface area contributed by atoms with Crippen LogP contribution in [0.15, 0.2) is 29.2 Å². The van der Waals surface area contributed by atoms with Gasteiger partial charge in [-0.05, 0) is 56.2 Å². The fourth-order valence-corrected chi connectivity index (χ4v) is 5.97. The number of carbonyl (C=O) groups excluding carboxylic acids is 1. The van der Waals surface area contributed by atoms with Gasteiger partial charge in [-0.1, -0.05) is 31.4 Å². The Morgan fingerprint density at radius 1 is 0.966 bits per heavy atom. The standard InChI is InChI=1S/C22H33N3O3S/c1-17(22(26)23-20-9-10-20)24-13-15-25(16-14-24)29(27,28)21-11-7-19(8-12-21)18-5-3-2-4-6-18/h7-8,11-12,17-18,20H,2-6,9-10,13-16H2,1H3,(H,23,26)/t17-/m0/s1. The van der Waals surface area contributed by atoms with Crippen LogP contribution >= 0.6 is 0 Å². The number of carbonyl (C=O) groups is 1. The Bertz CT molecular complexity index is 806. The lowest BCUT2D eigenvalue weighted by molar-refractivity contribution is -0.126. The molecular formula is C22H33N3O3S. The minimum Gasteiger partial charge on any atom is -0.352 e. The first kappa shape index (κ1) is 20.8. The van der Waals surface area contributed by atoms with Gasteiger partial charge in [0.1, 0.15) is 0 Å². The third kappa shape index (κ3) is 4.84. The number of hydrogen-bond donors (Lipinski definition) is 1. The smallest absolute Gasteiger partial charge is 0.243 e. The molecule has 1 aromatic carbocycles. The van der Waals surface area contributed by atoms with E-state index in [9.17, 15) is 13.2 Å². The molecule has 2 aliphatic carbocycles. The first-order chi connectivity index (χ1) is 13.9. The Morgan fingerprint density at radius 2 is 1.59 bits per heavy atom. The molecule has 160 valence electrons. The number of hydrogen-bond acceptors (Lipinski definition) is 4. The second-order valence-corrected chi connectivity index (χ2v) is 10.7. The molecule has 29 heavy (non-hydrogen) atoms. The maximum absolute atomic E-state index is 13.1. The second kappa shape index (κ2) is 8.74. The molecule has 0 radical (unpaired) electrons. The Labute approximate surface area is 174 Å². The Balaban J connectivity index is 1.35. The van der Waals surface area contributed by atoms with Crippen molar-refractivity contribution in [1.29, 1.82) is 0 Å². The van der Waals surface area contributed by atoms with Crippen molar-refractivity contribution in [2.75, 3.05) is 26.2 Å². The number of piperazine rings is 1. The van der Waals surface area contributed by atoms with Crippen molar-refractivity contribution in [1.82, 2.24) is 14.5 Å². The highest BCUT2D eigenvalue weighted by Crippen LogP contribution is 2.33. The van der Waals surface area contributed by atoms with Gasteiger partial charge in [0, 0.05) is 32.2 Å². The second-order valence-electron chi connectivity index (χ2n) is 8.80. The van der Waals surface area contributed by atoms with Crippen molar-refractivity contribution < 1.29 is 13.2 Å². The van der Waals surface area contributed by atoms with Crippen LogP contribution in [0.2, 0.25) is 0 Å². The topological polar surface area (TPSA) is 69.7 Å². The molecule has 1 N–H and O–H groups in total. The summed E-state index contributed by atoms with van der Waals surface area (Å²) in [5.74, 6) is 0.634. The minimum atomic E-state index is -3.48. The summed E-state index contributed by atoms with van der Waals surface area (Å²) >= 11 is 0. The summed E-state index contributed by atoms with van der Waals surface area (Å²) in [6.45, 7) is 3.92. The molecular weight excluding hydrogens is 386 g/mol. The number of rotatable bonds is 6. The van der Waals surface area contributed by atoms with Crippen LogP contribution in [0.25, 0.3) is 0 Å². The van der Waals surface area contributed by atoms with E-state index in [2.05, 4.69) is 10.2 Å². The van der Waals surface area contributed by atoms with Gasteiger partial charge in [-0.25, -0.2) is 8.42 Å². The van der Waals surface area contributed by atoms with E-state index >= 15 is 0 Å².